The van der Waals surface area contributed by atoms with E-state index in [1.165, 1.54) is 0 Å². The van der Waals surface area contributed by atoms with Crippen molar-refractivity contribution in [2.45, 2.75) is 6.54 Å². The number of benzene rings is 1. The second kappa shape index (κ2) is 5.07. The van der Waals surface area contributed by atoms with Gasteiger partial charge in [-0.05, 0) is 11.1 Å². The minimum absolute atomic E-state index is 0.169. The lowest BCUT2D eigenvalue weighted by Gasteiger charge is -2.04. The third kappa shape index (κ3) is 2.94. The van der Waals surface area contributed by atoms with Crippen LogP contribution in [0.2, 0.25) is 0 Å². The van der Waals surface area contributed by atoms with Gasteiger partial charge in [-0.2, -0.15) is 0 Å². The summed E-state index contributed by atoms with van der Waals surface area (Å²) < 4.78 is 0. The number of carbonyl (C=O) groups excluding carboxylic acids is 1. The van der Waals surface area contributed by atoms with Crippen molar-refractivity contribution in [3.8, 4) is 0 Å². The molecule has 0 saturated heterocycles. The first-order chi connectivity index (χ1) is 6.76. The van der Waals surface area contributed by atoms with Crippen LogP contribution in [0.15, 0.2) is 30.8 Å². The van der Waals surface area contributed by atoms with Gasteiger partial charge >= 0.3 is 6.03 Å². The molecule has 0 heterocycles. The predicted octanol–water partition coefficient (Wildman–Crippen LogP) is 1.76. The SMILES string of the molecule is C=Cc1ccc(CNC(=O)NC)cc1. The largest absolute Gasteiger partial charge is 0.341 e. The number of carbonyl (C=O) groups is 1. The normalized spacial score (nSPS) is 9.21. The van der Waals surface area contributed by atoms with Crippen molar-refractivity contribution in [1.82, 2.24) is 10.6 Å². The van der Waals surface area contributed by atoms with Gasteiger partial charge in [-0.25, -0.2) is 4.79 Å². The molecule has 2 N–H and O–H groups in total. The van der Waals surface area contributed by atoms with E-state index in [1.54, 1.807) is 13.1 Å². The van der Waals surface area contributed by atoms with Gasteiger partial charge in [-0.1, -0.05) is 36.9 Å². The molecule has 0 aliphatic heterocycles. The lowest BCUT2D eigenvalue weighted by molar-refractivity contribution is 0.242. The maximum absolute atomic E-state index is 10.9. The van der Waals surface area contributed by atoms with E-state index in [1.807, 2.05) is 24.3 Å². The van der Waals surface area contributed by atoms with E-state index < -0.39 is 0 Å². The summed E-state index contributed by atoms with van der Waals surface area (Å²) in [5.41, 5.74) is 2.15. The zero-order valence-electron chi connectivity index (χ0n) is 8.21. The summed E-state index contributed by atoms with van der Waals surface area (Å²) in [5.74, 6) is 0. The minimum Gasteiger partial charge on any atom is -0.341 e. The van der Waals surface area contributed by atoms with Crippen LogP contribution in [-0.2, 0) is 6.54 Å². The molecule has 2 amide bonds. The second-order valence-corrected chi connectivity index (χ2v) is 2.88. The van der Waals surface area contributed by atoms with Crippen LogP contribution in [0, 0.1) is 0 Å². The van der Waals surface area contributed by atoms with E-state index in [0.29, 0.717) is 6.54 Å². The summed E-state index contributed by atoms with van der Waals surface area (Å²) >= 11 is 0. The predicted molar refractivity (Wildman–Crippen MR) is 57.8 cm³/mol. The highest BCUT2D eigenvalue weighted by molar-refractivity contribution is 5.73. The molecule has 0 aromatic heterocycles. The van der Waals surface area contributed by atoms with Crippen LogP contribution >= 0.6 is 0 Å². The van der Waals surface area contributed by atoms with Gasteiger partial charge in [0.2, 0.25) is 0 Å². The van der Waals surface area contributed by atoms with Gasteiger partial charge in [0.05, 0.1) is 0 Å². The maximum atomic E-state index is 10.9. The van der Waals surface area contributed by atoms with Gasteiger partial charge in [0.15, 0.2) is 0 Å². The molecule has 3 heteroatoms. The highest BCUT2D eigenvalue weighted by Crippen LogP contribution is 2.04. The third-order valence-electron chi connectivity index (χ3n) is 1.90. The van der Waals surface area contributed by atoms with Crippen molar-refractivity contribution in [3.05, 3.63) is 42.0 Å². The van der Waals surface area contributed by atoms with E-state index in [9.17, 15) is 4.79 Å². The molecule has 1 aromatic rings. The quantitative estimate of drug-likeness (QED) is 0.749. The van der Waals surface area contributed by atoms with Gasteiger partial charge in [0.25, 0.3) is 0 Å². The molecule has 0 aliphatic rings. The molecular weight excluding hydrogens is 176 g/mol. The van der Waals surface area contributed by atoms with Crippen molar-refractivity contribution in [2.75, 3.05) is 7.05 Å². The van der Waals surface area contributed by atoms with Crippen LogP contribution in [-0.4, -0.2) is 13.1 Å². The van der Waals surface area contributed by atoms with Gasteiger partial charge in [-0.3, -0.25) is 0 Å². The minimum atomic E-state index is -0.169. The topological polar surface area (TPSA) is 41.1 Å². The molecule has 1 aromatic carbocycles. The number of hydrogen-bond donors (Lipinski definition) is 2. The summed E-state index contributed by atoms with van der Waals surface area (Å²) in [6.45, 7) is 4.21. The summed E-state index contributed by atoms with van der Waals surface area (Å²) in [5, 5.41) is 5.20. The lowest BCUT2D eigenvalue weighted by atomic mass is 10.1. The Morgan fingerprint density at radius 3 is 2.57 bits per heavy atom. The fraction of sp³-hybridized carbons (Fsp3) is 0.182. The molecule has 0 spiro atoms. The van der Waals surface area contributed by atoms with Crippen molar-refractivity contribution >= 4 is 12.1 Å². The number of nitrogens with one attached hydrogen (secondary N) is 2. The molecule has 74 valence electrons. The summed E-state index contributed by atoms with van der Waals surface area (Å²) in [4.78, 5) is 10.9. The molecule has 0 atom stereocenters. The van der Waals surface area contributed by atoms with Crippen molar-refractivity contribution in [2.24, 2.45) is 0 Å². The first-order valence-corrected chi connectivity index (χ1v) is 4.43. The number of hydrogen-bond acceptors (Lipinski definition) is 1. The average Bonchev–Trinajstić information content (AvgIpc) is 2.26. The second-order valence-electron chi connectivity index (χ2n) is 2.88. The fourth-order valence-corrected chi connectivity index (χ4v) is 1.04. The Kier molecular flexibility index (Phi) is 3.73. The van der Waals surface area contributed by atoms with E-state index in [-0.39, 0.29) is 6.03 Å². The standard InChI is InChI=1S/C11H14N2O/c1-3-9-4-6-10(7-5-9)8-13-11(14)12-2/h3-7H,1,8H2,2H3,(H2,12,13,14). The van der Waals surface area contributed by atoms with Gasteiger partial charge in [0.1, 0.15) is 0 Å². The molecule has 3 nitrogen and oxygen atoms in total. The molecular formula is C11H14N2O. The Morgan fingerprint density at radius 1 is 1.43 bits per heavy atom. The molecule has 0 aliphatic carbocycles. The molecule has 1 rings (SSSR count). The molecule has 14 heavy (non-hydrogen) atoms. The first-order valence-electron chi connectivity index (χ1n) is 4.43. The Bertz CT molecular complexity index is 317. The third-order valence-corrected chi connectivity index (χ3v) is 1.90. The Labute approximate surface area is 83.8 Å². The van der Waals surface area contributed by atoms with Crippen LogP contribution in [0.1, 0.15) is 11.1 Å². The molecule has 0 unspecified atom stereocenters. The molecule has 0 radical (unpaired) electrons. The summed E-state index contributed by atoms with van der Waals surface area (Å²) in [6, 6.07) is 7.69. The first kappa shape index (κ1) is 10.3. The number of amides is 2. The van der Waals surface area contributed by atoms with E-state index in [2.05, 4.69) is 17.2 Å². The lowest BCUT2D eigenvalue weighted by Crippen LogP contribution is -2.32. The zero-order chi connectivity index (χ0) is 10.4. The van der Waals surface area contributed by atoms with Gasteiger partial charge < -0.3 is 10.6 Å². The van der Waals surface area contributed by atoms with Crippen LogP contribution in [0.4, 0.5) is 4.79 Å². The van der Waals surface area contributed by atoms with Crippen molar-refractivity contribution in [3.63, 3.8) is 0 Å². The maximum Gasteiger partial charge on any atom is 0.314 e. The van der Waals surface area contributed by atoms with Crippen LogP contribution in [0.25, 0.3) is 6.08 Å². The smallest absolute Gasteiger partial charge is 0.314 e. The van der Waals surface area contributed by atoms with E-state index in [4.69, 9.17) is 0 Å². The van der Waals surface area contributed by atoms with Crippen LogP contribution < -0.4 is 10.6 Å². The molecule has 0 fully saturated rings. The highest BCUT2D eigenvalue weighted by atomic mass is 16.2. The Hall–Kier alpha value is -1.77. The van der Waals surface area contributed by atoms with E-state index in [0.717, 1.165) is 11.1 Å². The fourth-order valence-electron chi connectivity index (χ4n) is 1.04. The summed E-state index contributed by atoms with van der Waals surface area (Å²) in [7, 11) is 1.59. The highest BCUT2D eigenvalue weighted by Gasteiger charge is 1.96. The monoisotopic (exact) mass is 190 g/mol. The van der Waals surface area contributed by atoms with Crippen molar-refractivity contribution < 1.29 is 4.79 Å². The van der Waals surface area contributed by atoms with Gasteiger partial charge in [-0.15, -0.1) is 0 Å². The van der Waals surface area contributed by atoms with E-state index >= 15 is 0 Å². The average molecular weight is 190 g/mol. The number of urea groups is 1. The number of rotatable bonds is 3. The van der Waals surface area contributed by atoms with Crippen LogP contribution in [0.3, 0.4) is 0 Å². The summed E-state index contributed by atoms with van der Waals surface area (Å²) in [6.07, 6.45) is 1.79. The molecule has 0 bridgehead atoms. The molecule has 0 saturated carbocycles. The van der Waals surface area contributed by atoms with Crippen LogP contribution in [0.5, 0.6) is 0 Å². The van der Waals surface area contributed by atoms with Gasteiger partial charge in [0, 0.05) is 13.6 Å². The van der Waals surface area contributed by atoms with Crippen molar-refractivity contribution in [1.29, 1.82) is 0 Å². The Balaban J connectivity index is 2.51. The zero-order valence-corrected chi connectivity index (χ0v) is 8.21. The Morgan fingerprint density at radius 2 is 2.07 bits per heavy atom.